The molecule has 2 N–H and O–H groups in total. The maximum Gasteiger partial charge on any atom is 0.258 e. The first kappa shape index (κ1) is 19.1. The molecule has 1 aliphatic rings. The number of allylic oxidation sites excluding steroid dienone is 1. The van der Waals surface area contributed by atoms with Crippen LogP contribution < -0.4 is 14.8 Å². The third-order valence-electron chi connectivity index (χ3n) is 4.18. The molecule has 0 bridgehead atoms. The van der Waals surface area contributed by atoms with Crippen molar-refractivity contribution in [3.05, 3.63) is 51.9 Å². The summed E-state index contributed by atoms with van der Waals surface area (Å²) in [6, 6.07) is 8.36. The zero-order chi connectivity index (χ0) is 19.4. The van der Waals surface area contributed by atoms with Crippen LogP contribution in [0.25, 0.3) is 6.08 Å². The number of ketones is 1. The molecular formula is C20H21NO5S. The predicted octanol–water partition coefficient (Wildman–Crippen LogP) is 2.88. The molecule has 7 heteroatoms. The monoisotopic (exact) mass is 387 g/mol. The number of thiophene rings is 1. The molecule has 6 nitrogen and oxygen atoms in total. The van der Waals surface area contributed by atoms with Gasteiger partial charge in [0.2, 0.25) is 5.78 Å². The summed E-state index contributed by atoms with van der Waals surface area (Å²) in [6.07, 6.45) is 1.71. The van der Waals surface area contributed by atoms with Crippen molar-refractivity contribution < 1.29 is 24.2 Å². The van der Waals surface area contributed by atoms with Crippen LogP contribution in [0.5, 0.6) is 11.5 Å². The molecule has 0 saturated carbocycles. The van der Waals surface area contributed by atoms with E-state index in [1.165, 1.54) is 11.3 Å². The number of carbonyl (C=O) groups excluding carboxylic acids is 2. The van der Waals surface area contributed by atoms with Crippen molar-refractivity contribution in [1.82, 2.24) is 5.32 Å². The predicted molar refractivity (Wildman–Crippen MR) is 103 cm³/mol. The van der Waals surface area contributed by atoms with Crippen molar-refractivity contribution >= 4 is 29.1 Å². The second-order valence-corrected chi connectivity index (χ2v) is 7.48. The largest absolute Gasteiger partial charge is 0.484 e. The highest BCUT2D eigenvalue weighted by Crippen LogP contribution is 2.35. The van der Waals surface area contributed by atoms with Crippen LogP contribution >= 0.6 is 11.3 Å². The molecule has 0 aliphatic carbocycles. The van der Waals surface area contributed by atoms with Crippen LogP contribution in [0.3, 0.4) is 0 Å². The third kappa shape index (κ3) is 4.56. The van der Waals surface area contributed by atoms with Gasteiger partial charge in [0, 0.05) is 17.0 Å². The van der Waals surface area contributed by atoms with E-state index in [4.69, 9.17) is 9.47 Å². The molecule has 2 aromatic rings. The van der Waals surface area contributed by atoms with E-state index in [0.29, 0.717) is 17.1 Å². The normalized spacial score (nSPS) is 15.6. The SMILES string of the molecule is CC(C)C(CO)NC(=O)COc1ccc2c(c1)OC(=Cc1cccs1)C2=O. The van der Waals surface area contributed by atoms with Gasteiger partial charge < -0.3 is 19.9 Å². The fourth-order valence-corrected chi connectivity index (χ4v) is 3.23. The minimum atomic E-state index is -0.321. The van der Waals surface area contributed by atoms with E-state index in [0.717, 1.165) is 4.88 Å². The van der Waals surface area contributed by atoms with Gasteiger partial charge in [0.25, 0.3) is 5.91 Å². The Morgan fingerprint density at radius 2 is 2.19 bits per heavy atom. The summed E-state index contributed by atoms with van der Waals surface area (Å²) >= 11 is 1.52. The number of aliphatic hydroxyl groups excluding tert-OH is 1. The average Bonchev–Trinajstić information content (AvgIpc) is 3.26. The molecule has 0 fully saturated rings. The van der Waals surface area contributed by atoms with Gasteiger partial charge in [-0.15, -0.1) is 11.3 Å². The standard InChI is InChI=1S/C20H21NO5S/c1-12(2)16(10-22)21-19(23)11-25-13-5-6-15-17(8-13)26-18(20(15)24)9-14-4-3-7-27-14/h3-9,12,16,22H,10-11H2,1-2H3,(H,21,23). The molecule has 142 valence electrons. The third-order valence-corrected chi connectivity index (χ3v) is 5.00. The van der Waals surface area contributed by atoms with Crippen LogP contribution in [-0.2, 0) is 4.79 Å². The molecule has 1 aromatic carbocycles. The van der Waals surface area contributed by atoms with Crippen molar-refractivity contribution in [1.29, 1.82) is 0 Å². The van der Waals surface area contributed by atoms with Crippen molar-refractivity contribution in [2.75, 3.05) is 13.2 Å². The number of ether oxygens (including phenoxy) is 2. The Bertz CT molecular complexity index is 857. The van der Waals surface area contributed by atoms with E-state index < -0.39 is 0 Å². The Hall–Kier alpha value is -2.64. The molecule has 1 amide bonds. The molecule has 2 heterocycles. The summed E-state index contributed by atoms with van der Waals surface area (Å²) < 4.78 is 11.2. The lowest BCUT2D eigenvalue weighted by Gasteiger charge is -2.19. The number of amides is 1. The van der Waals surface area contributed by atoms with Crippen molar-refractivity contribution in [2.45, 2.75) is 19.9 Å². The number of rotatable bonds is 7. The van der Waals surface area contributed by atoms with Gasteiger partial charge in [-0.05, 0) is 29.5 Å². The number of aliphatic hydroxyl groups is 1. The van der Waals surface area contributed by atoms with Gasteiger partial charge in [-0.3, -0.25) is 9.59 Å². The maximum atomic E-state index is 12.4. The van der Waals surface area contributed by atoms with Gasteiger partial charge in [0.15, 0.2) is 12.4 Å². The number of benzene rings is 1. The van der Waals surface area contributed by atoms with Crippen LogP contribution in [0, 0.1) is 5.92 Å². The highest BCUT2D eigenvalue weighted by atomic mass is 32.1. The molecule has 0 spiro atoms. The van der Waals surface area contributed by atoms with Gasteiger partial charge in [-0.2, -0.15) is 0 Å². The Kier molecular flexibility index (Phi) is 5.93. The lowest BCUT2D eigenvalue weighted by Crippen LogP contribution is -2.43. The second kappa shape index (κ2) is 8.37. The Labute approximate surface area is 161 Å². The summed E-state index contributed by atoms with van der Waals surface area (Å²) in [4.78, 5) is 25.3. The molecule has 1 aliphatic heterocycles. The van der Waals surface area contributed by atoms with Gasteiger partial charge in [-0.1, -0.05) is 19.9 Å². The van der Waals surface area contributed by atoms with Crippen molar-refractivity contribution in [3.8, 4) is 11.5 Å². The minimum Gasteiger partial charge on any atom is -0.484 e. The zero-order valence-corrected chi connectivity index (χ0v) is 15.9. The first-order chi connectivity index (χ1) is 13.0. The summed E-state index contributed by atoms with van der Waals surface area (Å²) in [5.41, 5.74) is 0.467. The molecule has 3 rings (SSSR count). The first-order valence-electron chi connectivity index (χ1n) is 8.62. The van der Waals surface area contributed by atoms with Crippen LogP contribution in [0.2, 0.25) is 0 Å². The summed E-state index contributed by atoms with van der Waals surface area (Å²) in [7, 11) is 0. The summed E-state index contributed by atoms with van der Waals surface area (Å²) in [6.45, 7) is 3.52. The van der Waals surface area contributed by atoms with Crippen LogP contribution in [0.1, 0.15) is 29.1 Å². The molecule has 27 heavy (non-hydrogen) atoms. The van der Waals surface area contributed by atoms with E-state index in [-0.39, 0.29) is 42.6 Å². The summed E-state index contributed by atoms with van der Waals surface area (Å²) in [5.74, 6) is 0.733. The van der Waals surface area contributed by atoms with Crippen LogP contribution in [-0.4, -0.2) is 36.1 Å². The Morgan fingerprint density at radius 1 is 1.37 bits per heavy atom. The number of hydrogen-bond donors (Lipinski definition) is 2. The molecule has 1 unspecified atom stereocenters. The number of nitrogens with one attached hydrogen (secondary N) is 1. The summed E-state index contributed by atoms with van der Waals surface area (Å²) in [5, 5.41) is 13.9. The quantitative estimate of drug-likeness (QED) is 0.714. The van der Waals surface area contributed by atoms with Crippen LogP contribution in [0.15, 0.2) is 41.5 Å². The second-order valence-electron chi connectivity index (χ2n) is 6.50. The smallest absolute Gasteiger partial charge is 0.258 e. The van der Waals surface area contributed by atoms with E-state index in [1.807, 2.05) is 31.4 Å². The van der Waals surface area contributed by atoms with Gasteiger partial charge in [-0.25, -0.2) is 0 Å². The Balaban J connectivity index is 1.63. The van der Waals surface area contributed by atoms with Crippen LogP contribution in [0.4, 0.5) is 0 Å². The molecular weight excluding hydrogens is 366 g/mol. The zero-order valence-electron chi connectivity index (χ0n) is 15.1. The lowest BCUT2D eigenvalue weighted by atomic mass is 10.1. The number of Topliss-reactive ketones (excluding diaryl/α,β-unsaturated/α-hetero) is 1. The van der Waals surface area contributed by atoms with E-state index in [1.54, 1.807) is 24.3 Å². The number of hydrogen-bond acceptors (Lipinski definition) is 6. The van der Waals surface area contributed by atoms with Gasteiger partial charge >= 0.3 is 0 Å². The number of carbonyl (C=O) groups is 2. The maximum absolute atomic E-state index is 12.4. The highest BCUT2D eigenvalue weighted by Gasteiger charge is 2.28. The van der Waals surface area contributed by atoms with Gasteiger partial charge in [0.05, 0.1) is 18.2 Å². The van der Waals surface area contributed by atoms with E-state index >= 15 is 0 Å². The number of fused-ring (bicyclic) bond motifs is 1. The fraction of sp³-hybridized carbons (Fsp3) is 0.300. The van der Waals surface area contributed by atoms with Gasteiger partial charge in [0.1, 0.15) is 11.5 Å². The molecule has 0 radical (unpaired) electrons. The van der Waals surface area contributed by atoms with E-state index in [9.17, 15) is 14.7 Å². The molecule has 1 atom stereocenters. The fourth-order valence-electron chi connectivity index (χ4n) is 2.58. The average molecular weight is 387 g/mol. The Morgan fingerprint density at radius 3 is 2.85 bits per heavy atom. The molecule has 0 saturated heterocycles. The van der Waals surface area contributed by atoms with Crippen molar-refractivity contribution in [3.63, 3.8) is 0 Å². The lowest BCUT2D eigenvalue weighted by molar-refractivity contribution is -0.124. The molecule has 1 aromatic heterocycles. The van der Waals surface area contributed by atoms with Crippen molar-refractivity contribution in [2.24, 2.45) is 5.92 Å². The first-order valence-corrected chi connectivity index (χ1v) is 9.50. The topological polar surface area (TPSA) is 84.9 Å². The van der Waals surface area contributed by atoms with E-state index in [2.05, 4.69) is 5.32 Å². The minimum absolute atomic E-state index is 0.118. The highest BCUT2D eigenvalue weighted by molar-refractivity contribution is 7.10.